The number of ether oxygens (including phenoxy) is 2. The van der Waals surface area contributed by atoms with Gasteiger partial charge in [0.15, 0.2) is 6.10 Å². The van der Waals surface area contributed by atoms with E-state index in [2.05, 4.69) is 43.5 Å². The molecule has 0 spiro atoms. The third kappa shape index (κ3) is 41.9. The highest BCUT2D eigenvalue weighted by Crippen LogP contribution is 2.43. The fourth-order valence-corrected chi connectivity index (χ4v) is 6.49. The molecule has 0 radical (unpaired) electrons. The minimum atomic E-state index is -4.65. The second kappa shape index (κ2) is 40.8. The summed E-state index contributed by atoms with van der Waals surface area (Å²) in [6, 6.07) is 0. The molecule has 0 rings (SSSR count). The van der Waals surface area contributed by atoms with Crippen molar-refractivity contribution in [1.82, 2.24) is 0 Å². The van der Waals surface area contributed by atoms with Gasteiger partial charge in [-0.05, 0) is 50.9 Å². The number of hydrogen-bond donors (Lipinski definition) is 4. The monoisotopic (exact) mass is 853 g/mol. The van der Waals surface area contributed by atoms with Gasteiger partial charge in [0.2, 0.25) is 0 Å². The zero-order chi connectivity index (χ0) is 43.7. The molecule has 0 aliphatic heterocycles. The number of phosphoric ester groups is 1. The number of phosphoric acid groups is 1. The van der Waals surface area contributed by atoms with Gasteiger partial charge < -0.3 is 29.7 Å². The van der Waals surface area contributed by atoms with Crippen LogP contribution < -0.4 is 0 Å². The molecule has 0 aliphatic rings. The summed E-state index contributed by atoms with van der Waals surface area (Å²) in [6.45, 7) is 4.40. The number of carbonyl (C=O) groups is 2. The average molecular weight is 853 g/mol. The fourth-order valence-electron chi connectivity index (χ4n) is 5.70. The van der Waals surface area contributed by atoms with Crippen LogP contribution in [0.4, 0.5) is 0 Å². The SMILES string of the molecule is CC/C=C\CC(O)/C=C/C=C/C/C=C\C/C=C\C/C=C\CCC(=O)OC[C@H](COP(=O)(O)OC[C@@H](O)CO)OC(=O)CCCCCCCCCCCCCCCC(C)C. The molecule has 0 amide bonds. The van der Waals surface area contributed by atoms with E-state index in [1.165, 1.54) is 64.2 Å². The Morgan fingerprint density at radius 3 is 1.75 bits per heavy atom. The zero-order valence-electron chi connectivity index (χ0n) is 36.7. The molecule has 340 valence electrons. The lowest BCUT2D eigenvalue weighted by atomic mass is 10.0. The van der Waals surface area contributed by atoms with E-state index in [9.17, 15) is 29.3 Å². The van der Waals surface area contributed by atoms with Crippen LogP contribution in [0.3, 0.4) is 0 Å². The van der Waals surface area contributed by atoms with Crippen molar-refractivity contribution in [3.63, 3.8) is 0 Å². The Hall–Kier alpha value is -2.63. The van der Waals surface area contributed by atoms with Crippen LogP contribution in [0.25, 0.3) is 0 Å². The molecular formula is C47H81O11P. The number of hydrogen-bond acceptors (Lipinski definition) is 10. The largest absolute Gasteiger partial charge is 0.472 e. The van der Waals surface area contributed by atoms with E-state index in [1.54, 1.807) is 6.08 Å². The second-order valence-corrected chi connectivity index (χ2v) is 16.8. The molecule has 0 aromatic carbocycles. The Bertz CT molecular complexity index is 1240. The van der Waals surface area contributed by atoms with E-state index in [0.717, 1.165) is 50.9 Å². The van der Waals surface area contributed by atoms with Crippen molar-refractivity contribution >= 4 is 19.8 Å². The van der Waals surface area contributed by atoms with Crippen LogP contribution in [0.1, 0.15) is 162 Å². The summed E-state index contributed by atoms with van der Waals surface area (Å²) in [6.07, 6.45) is 42.2. The maximum Gasteiger partial charge on any atom is 0.472 e. The van der Waals surface area contributed by atoms with Gasteiger partial charge in [-0.2, -0.15) is 0 Å². The van der Waals surface area contributed by atoms with Crippen molar-refractivity contribution in [3.05, 3.63) is 72.9 Å². The van der Waals surface area contributed by atoms with Crippen LogP contribution in [-0.2, 0) is 32.7 Å². The van der Waals surface area contributed by atoms with E-state index in [1.807, 2.05) is 48.6 Å². The van der Waals surface area contributed by atoms with E-state index >= 15 is 0 Å². The van der Waals surface area contributed by atoms with Crippen molar-refractivity contribution in [3.8, 4) is 0 Å². The number of carbonyl (C=O) groups excluding carboxylic acids is 2. The molecule has 0 fully saturated rings. The van der Waals surface area contributed by atoms with Crippen molar-refractivity contribution < 1.29 is 52.9 Å². The van der Waals surface area contributed by atoms with Gasteiger partial charge in [-0.3, -0.25) is 18.6 Å². The molecule has 59 heavy (non-hydrogen) atoms. The second-order valence-electron chi connectivity index (χ2n) is 15.4. The first-order chi connectivity index (χ1) is 28.5. The Morgan fingerprint density at radius 2 is 1.17 bits per heavy atom. The van der Waals surface area contributed by atoms with Gasteiger partial charge in [0.05, 0.1) is 25.9 Å². The first kappa shape index (κ1) is 56.4. The smallest absolute Gasteiger partial charge is 0.462 e. The summed E-state index contributed by atoms with van der Waals surface area (Å²) < 4.78 is 32.6. The standard InChI is InChI=1S/C47H81O11P/c1-4-5-28-34-43(49)35-30-25-21-17-13-9-7-10-14-18-22-26-31-36-46(51)55-40-45(41-57-59(53,54)56-39-44(50)38-48)58-47(52)37-32-27-23-19-15-11-6-8-12-16-20-24-29-33-42(2)3/h5,9-10,13-14,21-22,25-26,28,30,35,42-45,48-50H,4,6-8,11-12,15-20,23-24,27,29,31-34,36-41H2,1-3H3,(H,53,54)/b13-9-,14-10-,25-21+,26-22-,28-5-,35-30+/t43?,44-,45+/m0/s1. The third-order valence-electron chi connectivity index (χ3n) is 9.15. The first-order valence-electron chi connectivity index (χ1n) is 22.4. The maximum absolute atomic E-state index is 12.6. The quantitative estimate of drug-likeness (QED) is 0.0152. The molecule has 0 saturated heterocycles. The van der Waals surface area contributed by atoms with Crippen LogP contribution in [0.2, 0.25) is 0 Å². The van der Waals surface area contributed by atoms with Gasteiger partial charge in [-0.25, -0.2) is 4.57 Å². The minimum Gasteiger partial charge on any atom is -0.462 e. The van der Waals surface area contributed by atoms with Crippen molar-refractivity contribution in [2.24, 2.45) is 5.92 Å². The molecular weight excluding hydrogens is 771 g/mol. The molecule has 0 saturated carbocycles. The molecule has 0 bridgehead atoms. The molecule has 12 heteroatoms. The van der Waals surface area contributed by atoms with E-state index in [4.69, 9.17) is 19.1 Å². The van der Waals surface area contributed by atoms with Gasteiger partial charge in [0.1, 0.15) is 12.7 Å². The maximum atomic E-state index is 12.6. The predicted octanol–water partition coefficient (Wildman–Crippen LogP) is 10.9. The van der Waals surface area contributed by atoms with E-state index in [0.29, 0.717) is 19.3 Å². The van der Waals surface area contributed by atoms with E-state index in [-0.39, 0.29) is 19.4 Å². The van der Waals surface area contributed by atoms with Crippen molar-refractivity contribution in [2.45, 2.75) is 180 Å². The lowest BCUT2D eigenvalue weighted by Gasteiger charge is -2.20. The van der Waals surface area contributed by atoms with Gasteiger partial charge in [-0.1, -0.05) is 177 Å². The highest BCUT2D eigenvalue weighted by atomic mass is 31.2. The summed E-state index contributed by atoms with van der Waals surface area (Å²) in [5, 5.41) is 28.2. The number of esters is 2. The Labute approximate surface area is 357 Å². The summed E-state index contributed by atoms with van der Waals surface area (Å²) in [5.41, 5.74) is 0. The minimum absolute atomic E-state index is 0.0985. The van der Waals surface area contributed by atoms with Gasteiger partial charge >= 0.3 is 19.8 Å². The lowest BCUT2D eigenvalue weighted by molar-refractivity contribution is -0.161. The predicted molar refractivity (Wildman–Crippen MR) is 239 cm³/mol. The summed E-state index contributed by atoms with van der Waals surface area (Å²) >= 11 is 0. The summed E-state index contributed by atoms with van der Waals surface area (Å²) in [7, 11) is -4.65. The number of aliphatic hydroxyl groups excluding tert-OH is 3. The Morgan fingerprint density at radius 1 is 0.627 bits per heavy atom. The molecule has 4 N–H and O–H groups in total. The molecule has 0 aromatic rings. The zero-order valence-corrected chi connectivity index (χ0v) is 37.6. The highest BCUT2D eigenvalue weighted by Gasteiger charge is 2.27. The molecule has 4 atom stereocenters. The highest BCUT2D eigenvalue weighted by molar-refractivity contribution is 7.47. The molecule has 0 aliphatic carbocycles. The number of unbranched alkanes of at least 4 members (excludes halogenated alkanes) is 12. The molecule has 0 heterocycles. The normalized spacial score (nSPS) is 15.1. The van der Waals surface area contributed by atoms with Crippen LogP contribution in [-0.4, -0.2) is 76.9 Å². The Kier molecular flexibility index (Phi) is 38.9. The van der Waals surface area contributed by atoms with Crippen LogP contribution >= 0.6 is 7.82 Å². The third-order valence-corrected chi connectivity index (χ3v) is 10.1. The number of aliphatic hydroxyl groups is 3. The van der Waals surface area contributed by atoms with Gasteiger partial charge in [-0.15, -0.1) is 0 Å². The van der Waals surface area contributed by atoms with E-state index < -0.39 is 57.9 Å². The van der Waals surface area contributed by atoms with Crippen LogP contribution in [0.5, 0.6) is 0 Å². The molecule has 11 nitrogen and oxygen atoms in total. The summed E-state index contributed by atoms with van der Waals surface area (Å²) in [5.74, 6) is -0.240. The fraction of sp³-hybridized carbons (Fsp3) is 0.702. The Balaban J connectivity index is 4.44. The lowest BCUT2D eigenvalue weighted by Crippen LogP contribution is -2.29. The topological polar surface area (TPSA) is 169 Å². The van der Waals surface area contributed by atoms with Crippen molar-refractivity contribution in [2.75, 3.05) is 26.4 Å². The molecule has 0 aromatic heterocycles. The van der Waals surface area contributed by atoms with Crippen molar-refractivity contribution in [1.29, 1.82) is 0 Å². The molecule has 2 unspecified atom stereocenters. The first-order valence-corrected chi connectivity index (χ1v) is 23.9. The van der Waals surface area contributed by atoms with Crippen LogP contribution in [0, 0.1) is 5.92 Å². The number of rotatable bonds is 40. The summed E-state index contributed by atoms with van der Waals surface area (Å²) in [4.78, 5) is 35.0. The van der Waals surface area contributed by atoms with Gasteiger partial charge in [0, 0.05) is 12.8 Å². The number of allylic oxidation sites excluding steroid dienone is 10. The van der Waals surface area contributed by atoms with Gasteiger partial charge in [0.25, 0.3) is 0 Å². The van der Waals surface area contributed by atoms with Crippen LogP contribution in [0.15, 0.2) is 72.9 Å². The average Bonchev–Trinajstić information content (AvgIpc) is 3.20.